The van der Waals surface area contributed by atoms with Gasteiger partial charge in [0, 0.05) is 47.2 Å². The Morgan fingerprint density at radius 1 is 1.22 bits per heavy atom. The maximum atomic E-state index is 13.0. The molecule has 0 radical (unpaired) electrons. The Balaban J connectivity index is 1.24. The number of ether oxygens (including phenoxy) is 1. The Kier molecular flexibility index (Phi) is 5.66. The first-order valence-corrected chi connectivity index (χ1v) is 12.6. The van der Waals surface area contributed by atoms with Crippen LogP contribution in [0, 0.1) is 6.92 Å². The summed E-state index contributed by atoms with van der Waals surface area (Å²) in [6.45, 7) is 6.31. The summed E-state index contributed by atoms with van der Waals surface area (Å²) in [6.07, 6.45) is 6.49. The summed E-state index contributed by atoms with van der Waals surface area (Å²) in [6, 6.07) is 7.10. The fourth-order valence-electron chi connectivity index (χ4n) is 4.93. The Bertz CT molecular complexity index is 1520. The van der Waals surface area contributed by atoms with Crippen LogP contribution < -0.4 is 10.1 Å². The van der Waals surface area contributed by atoms with Crippen molar-refractivity contribution in [2.75, 3.05) is 5.32 Å². The van der Waals surface area contributed by atoms with E-state index in [0.717, 1.165) is 46.3 Å². The molecule has 6 rings (SSSR count). The first-order valence-electron chi connectivity index (χ1n) is 12.6. The normalized spacial score (nSPS) is 17.1. The molecule has 2 aliphatic rings. The molecule has 3 aromatic heterocycles. The maximum Gasteiger partial charge on any atom is 0.331 e. The van der Waals surface area contributed by atoms with Crippen LogP contribution in [0.25, 0.3) is 10.9 Å². The number of amides is 2. The molecule has 10 heteroatoms. The third-order valence-electron chi connectivity index (χ3n) is 7.23. The van der Waals surface area contributed by atoms with Crippen LogP contribution in [-0.2, 0) is 17.8 Å². The number of nitrogens with zero attached hydrogens (tertiary/aromatic N) is 5. The van der Waals surface area contributed by atoms with Gasteiger partial charge in [0.15, 0.2) is 5.82 Å². The van der Waals surface area contributed by atoms with Gasteiger partial charge in [-0.25, -0.2) is 14.8 Å². The van der Waals surface area contributed by atoms with Crippen LogP contribution in [0.15, 0.2) is 41.3 Å². The van der Waals surface area contributed by atoms with Crippen molar-refractivity contribution >= 4 is 28.7 Å². The van der Waals surface area contributed by atoms with Crippen molar-refractivity contribution in [2.45, 2.75) is 65.0 Å². The van der Waals surface area contributed by atoms with Crippen LogP contribution in [0.4, 0.5) is 10.6 Å². The fraction of sp³-hybridized carbons (Fsp3) is 0.370. The Morgan fingerprint density at radius 3 is 2.84 bits per heavy atom. The quantitative estimate of drug-likeness (QED) is 0.402. The molecule has 0 bridgehead atoms. The predicted octanol–water partition coefficient (Wildman–Crippen LogP) is 5.16. The minimum Gasteiger partial charge on any atom is -0.438 e. The van der Waals surface area contributed by atoms with E-state index < -0.39 is 0 Å². The zero-order valence-corrected chi connectivity index (χ0v) is 21.0. The third-order valence-corrected chi connectivity index (χ3v) is 7.23. The van der Waals surface area contributed by atoms with Crippen LogP contribution in [-0.4, -0.2) is 42.6 Å². The minimum atomic E-state index is -0.316. The van der Waals surface area contributed by atoms with E-state index in [-0.39, 0.29) is 18.0 Å². The average Bonchev–Trinajstić information content (AvgIpc) is 3.48. The molecule has 0 spiro atoms. The van der Waals surface area contributed by atoms with Crippen LogP contribution in [0.1, 0.15) is 61.6 Å². The number of aromatic nitrogens is 4. The Morgan fingerprint density at radius 2 is 2.05 bits per heavy atom. The number of hydrogen-bond donors (Lipinski definition) is 1. The molecular formula is C27H28N6O4. The summed E-state index contributed by atoms with van der Waals surface area (Å²) in [5.41, 5.74) is 3.37. The molecule has 2 amide bonds. The van der Waals surface area contributed by atoms with Gasteiger partial charge < -0.3 is 14.2 Å². The van der Waals surface area contributed by atoms with Crippen LogP contribution in [0.3, 0.4) is 0 Å². The number of anilines is 1. The SMILES string of the molecule is CCC(=O)N1Cc2ncnc(Oc3ccc4c(ccn4C(=O)Nc4cc(C5CC5)on4)c3C)c2CC1C. The highest BCUT2D eigenvalue weighted by Gasteiger charge is 2.30. The van der Waals surface area contributed by atoms with Gasteiger partial charge in [0.1, 0.15) is 17.8 Å². The molecule has 4 heterocycles. The number of carbonyl (C=O) groups is 2. The topological polar surface area (TPSA) is 115 Å². The highest BCUT2D eigenvalue weighted by atomic mass is 16.5. The Labute approximate surface area is 213 Å². The largest absolute Gasteiger partial charge is 0.438 e. The van der Waals surface area contributed by atoms with Crippen molar-refractivity contribution in [3.63, 3.8) is 0 Å². The molecule has 10 nitrogen and oxygen atoms in total. The van der Waals surface area contributed by atoms with Crippen LogP contribution in [0.2, 0.25) is 0 Å². The van der Waals surface area contributed by atoms with E-state index in [9.17, 15) is 9.59 Å². The van der Waals surface area contributed by atoms with E-state index in [1.165, 1.54) is 6.33 Å². The van der Waals surface area contributed by atoms with Gasteiger partial charge in [-0.1, -0.05) is 12.1 Å². The first-order chi connectivity index (χ1) is 17.9. The lowest BCUT2D eigenvalue weighted by molar-refractivity contribution is -0.134. The highest BCUT2D eigenvalue weighted by molar-refractivity contribution is 5.99. The van der Waals surface area contributed by atoms with Gasteiger partial charge in [-0.2, -0.15) is 0 Å². The average molecular weight is 501 g/mol. The summed E-state index contributed by atoms with van der Waals surface area (Å²) in [4.78, 5) is 36.0. The molecule has 190 valence electrons. The van der Waals surface area contributed by atoms with Crippen LogP contribution in [0.5, 0.6) is 11.6 Å². The number of fused-ring (bicyclic) bond motifs is 2. The van der Waals surface area contributed by atoms with Gasteiger partial charge in [-0.15, -0.1) is 0 Å². The predicted molar refractivity (Wildman–Crippen MR) is 136 cm³/mol. The molecule has 1 aromatic carbocycles. The van der Waals surface area contributed by atoms with Crippen molar-refractivity contribution in [3.05, 3.63) is 59.4 Å². The molecule has 1 aliphatic heterocycles. The van der Waals surface area contributed by atoms with Crippen molar-refractivity contribution in [2.24, 2.45) is 0 Å². The molecule has 0 saturated heterocycles. The van der Waals surface area contributed by atoms with Crippen molar-refractivity contribution in [3.8, 4) is 11.6 Å². The third kappa shape index (κ3) is 4.22. The van der Waals surface area contributed by atoms with Gasteiger partial charge in [-0.3, -0.25) is 14.7 Å². The Hall–Kier alpha value is -4.21. The van der Waals surface area contributed by atoms with E-state index in [1.54, 1.807) is 16.8 Å². The lowest BCUT2D eigenvalue weighted by Gasteiger charge is -2.34. The molecular weight excluding hydrogens is 472 g/mol. The van der Waals surface area contributed by atoms with E-state index in [4.69, 9.17) is 9.26 Å². The van der Waals surface area contributed by atoms with E-state index in [2.05, 4.69) is 20.4 Å². The molecule has 1 atom stereocenters. The minimum absolute atomic E-state index is 0.0366. The summed E-state index contributed by atoms with van der Waals surface area (Å²) in [5, 5.41) is 7.67. The number of nitrogens with one attached hydrogen (secondary N) is 1. The molecule has 1 unspecified atom stereocenters. The fourth-order valence-corrected chi connectivity index (χ4v) is 4.93. The van der Waals surface area contributed by atoms with Crippen LogP contribution >= 0.6 is 0 Å². The summed E-state index contributed by atoms with van der Waals surface area (Å²) >= 11 is 0. The van der Waals surface area contributed by atoms with Gasteiger partial charge >= 0.3 is 6.03 Å². The monoisotopic (exact) mass is 500 g/mol. The number of rotatable bonds is 5. The number of aryl methyl sites for hydroxylation is 1. The standard InChI is InChI=1S/C27H28N6O4/c1-4-25(34)33-13-20-19(11-15(33)2)26(29-14-28-20)36-22-8-7-21-18(16(22)3)9-10-32(21)27(35)30-24-12-23(37-31-24)17-5-6-17/h7-10,12,14-15,17H,4-6,11,13H2,1-3H3,(H,30,31,35). The zero-order valence-electron chi connectivity index (χ0n) is 21.0. The smallest absolute Gasteiger partial charge is 0.331 e. The number of carbonyl (C=O) groups excluding carboxylic acids is 2. The number of benzene rings is 1. The van der Waals surface area contributed by atoms with Gasteiger partial charge in [0.2, 0.25) is 11.8 Å². The van der Waals surface area contributed by atoms with Crippen molar-refractivity contribution < 1.29 is 18.8 Å². The van der Waals surface area contributed by atoms with Gasteiger partial charge in [0.25, 0.3) is 0 Å². The summed E-state index contributed by atoms with van der Waals surface area (Å²) < 4.78 is 13.2. The highest BCUT2D eigenvalue weighted by Crippen LogP contribution is 2.41. The lowest BCUT2D eigenvalue weighted by atomic mass is 9.99. The zero-order chi connectivity index (χ0) is 25.7. The second-order valence-corrected chi connectivity index (χ2v) is 9.76. The van der Waals surface area contributed by atoms with E-state index in [0.29, 0.717) is 42.8 Å². The van der Waals surface area contributed by atoms with E-state index in [1.807, 2.05) is 43.9 Å². The molecule has 1 N–H and O–H groups in total. The first kappa shape index (κ1) is 23.2. The summed E-state index contributed by atoms with van der Waals surface area (Å²) in [5.74, 6) is 2.91. The molecule has 1 fully saturated rings. The van der Waals surface area contributed by atoms with E-state index >= 15 is 0 Å². The molecule has 1 aliphatic carbocycles. The van der Waals surface area contributed by atoms with Gasteiger partial charge in [0.05, 0.1) is 17.8 Å². The summed E-state index contributed by atoms with van der Waals surface area (Å²) in [7, 11) is 0. The van der Waals surface area contributed by atoms with Gasteiger partial charge in [-0.05, 0) is 51.3 Å². The molecule has 37 heavy (non-hydrogen) atoms. The maximum absolute atomic E-state index is 13.0. The van der Waals surface area contributed by atoms with Crippen molar-refractivity contribution in [1.82, 2.24) is 24.6 Å². The second kappa shape index (κ2) is 9.02. The molecule has 4 aromatic rings. The molecule has 1 saturated carbocycles. The lowest BCUT2D eigenvalue weighted by Crippen LogP contribution is -2.42. The van der Waals surface area contributed by atoms with Crippen molar-refractivity contribution in [1.29, 1.82) is 0 Å². The number of hydrogen-bond acceptors (Lipinski definition) is 7. The second-order valence-electron chi connectivity index (χ2n) is 9.76.